The maximum atomic E-state index is 11.0. The summed E-state index contributed by atoms with van der Waals surface area (Å²) in [5.41, 5.74) is 1.71. The molecule has 2 aromatic heterocycles. The van der Waals surface area contributed by atoms with Gasteiger partial charge < -0.3 is 5.11 Å². The second-order valence-electron chi connectivity index (χ2n) is 3.77. The number of nitrogens with one attached hydrogen (secondary N) is 1. The molecule has 1 aliphatic rings. The molecule has 0 saturated heterocycles. The Labute approximate surface area is 85.1 Å². The van der Waals surface area contributed by atoms with Crippen LogP contribution in [0.2, 0.25) is 0 Å². The zero-order valence-electron chi connectivity index (χ0n) is 7.90. The number of H-pyrrole nitrogens is 1. The van der Waals surface area contributed by atoms with Crippen LogP contribution in [0.4, 0.5) is 0 Å². The molecule has 5 nitrogen and oxygen atoms in total. The van der Waals surface area contributed by atoms with Crippen LogP contribution in [-0.2, 0) is 0 Å². The Morgan fingerprint density at radius 3 is 3.00 bits per heavy atom. The van der Waals surface area contributed by atoms with Crippen molar-refractivity contribution in [1.82, 2.24) is 15.2 Å². The van der Waals surface area contributed by atoms with Crippen LogP contribution in [-0.4, -0.2) is 26.3 Å². The molecule has 0 aromatic carbocycles. The molecule has 0 atom stereocenters. The maximum absolute atomic E-state index is 11.0. The summed E-state index contributed by atoms with van der Waals surface area (Å²) in [5, 5.41) is 16.7. The summed E-state index contributed by atoms with van der Waals surface area (Å²) in [6, 6.07) is 1.52. The Balaban J connectivity index is 2.33. The SMILES string of the molecule is O=C(O)c1ccnc2n[nH]c(C3CC3)c12. The first-order valence-electron chi connectivity index (χ1n) is 4.83. The molecule has 1 fully saturated rings. The number of carboxylic acids is 1. The lowest BCUT2D eigenvalue weighted by atomic mass is 10.1. The highest BCUT2D eigenvalue weighted by Gasteiger charge is 2.29. The van der Waals surface area contributed by atoms with Gasteiger partial charge in [0.05, 0.1) is 10.9 Å². The van der Waals surface area contributed by atoms with Gasteiger partial charge in [-0.3, -0.25) is 5.10 Å². The van der Waals surface area contributed by atoms with Crippen molar-refractivity contribution in [2.75, 3.05) is 0 Å². The van der Waals surface area contributed by atoms with Crippen LogP contribution in [0.5, 0.6) is 0 Å². The summed E-state index contributed by atoms with van der Waals surface area (Å²) in [7, 11) is 0. The summed E-state index contributed by atoms with van der Waals surface area (Å²) >= 11 is 0. The first-order chi connectivity index (χ1) is 7.27. The van der Waals surface area contributed by atoms with Crippen molar-refractivity contribution in [3.05, 3.63) is 23.5 Å². The second-order valence-corrected chi connectivity index (χ2v) is 3.77. The van der Waals surface area contributed by atoms with Gasteiger partial charge in [-0.05, 0) is 18.9 Å². The van der Waals surface area contributed by atoms with E-state index in [1.54, 1.807) is 0 Å². The number of rotatable bonds is 2. The van der Waals surface area contributed by atoms with Crippen LogP contribution < -0.4 is 0 Å². The Morgan fingerprint density at radius 1 is 1.53 bits per heavy atom. The van der Waals surface area contributed by atoms with Crippen LogP contribution in [0.15, 0.2) is 12.3 Å². The molecule has 1 saturated carbocycles. The Hall–Kier alpha value is -1.91. The fourth-order valence-corrected chi connectivity index (χ4v) is 1.82. The number of hydrogen-bond donors (Lipinski definition) is 2. The molecule has 0 aliphatic heterocycles. The molecular weight excluding hydrogens is 194 g/mol. The number of nitrogens with zero attached hydrogens (tertiary/aromatic N) is 2. The van der Waals surface area contributed by atoms with Gasteiger partial charge in [-0.1, -0.05) is 0 Å². The molecule has 2 aromatic rings. The van der Waals surface area contributed by atoms with Crippen LogP contribution in [0, 0.1) is 0 Å². The van der Waals surface area contributed by atoms with Gasteiger partial charge in [-0.15, -0.1) is 0 Å². The van der Waals surface area contributed by atoms with E-state index in [0.29, 0.717) is 17.0 Å². The Kier molecular flexibility index (Phi) is 1.56. The first-order valence-corrected chi connectivity index (χ1v) is 4.83. The maximum Gasteiger partial charge on any atom is 0.336 e. The smallest absolute Gasteiger partial charge is 0.336 e. The lowest BCUT2D eigenvalue weighted by molar-refractivity contribution is 0.0699. The summed E-state index contributed by atoms with van der Waals surface area (Å²) in [5.74, 6) is -0.483. The van der Waals surface area contributed by atoms with Crippen LogP contribution in [0.25, 0.3) is 11.0 Å². The largest absolute Gasteiger partial charge is 0.478 e. The highest BCUT2D eigenvalue weighted by molar-refractivity contribution is 6.02. The highest BCUT2D eigenvalue weighted by Crippen LogP contribution is 2.42. The number of aromatic nitrogens is 3. The van der Waals surface area contributed by atoms with E-state index in [0.717, 1.165) is 18.5 Å². The average molecular weight is 203 g/mol. The van der Waals surface area contributed by atoms with E-state index in [1.165, 1.54) is 12.3 Å². The van der Waals surface area contributed by atoms with E-state index in [2.05, 4.69) is 15.2 Å². The van der Waals surface area contributed by atoms with Crippen molar-refractivity contribution in [3.8, 4) is 0 Å². The minimum Gasteiger partial charge on any atom is -0.478 e. The number of aromatic amines is 1. The van der Waals surface area contributed by atoms with E-state index in [-0.39, 0.29) is 5.56 Å². The highest BCUT2D eigenvalue weighted by atomic mass is 16.4. The second kappa shape index (κ2) is 2.79. The third-order valence-electron chi connectivity index (χ3n) is 2.70. The number of carboxylic acid groups (broad SMARTS) is 1. The topological polar surface area (TPSA) is 78.9 Å². The summed E-state index contributed by atoms with van der Waals surface area (Å²) in [6.07, 6.45) is 3.68. The fourth-order valence-electron chi connectivity index (χ4n) is 1.82. The number of aromatic carboxylic acids is 1. The van der Waals surface area contributed by atoms with Gasteiger partial charge in [0.1, 0.15) is 0 Å². The molecule has 2 N–H and O–H groups in total. The monoisotopic (exact) mass is 203 g/mol. The van der Waals surface area contributed by atoms with Gasteiger partial charge in [-0.25, -0.2) is 9.78 Å². The molecule has 3 rings (SSSR count). The lowest BCUT2D eigenvalue weighted by Crippen LogP contribution is -1.98. The van der Waals surface area contributed by atoms with Gasteiger partial charge in [-0.2, -0.15) is 5.10 Å². The van der Waals surface area contributed by atoms with Crippen LogP contribution in [0.1, 0.15) is 34.8 Å². The zero-order valence-corrected chi connectivity index (χ0v) is 7.90. The van der Waals surface area contributed by atoms with Crippen LogP contribution in [0.3, 0.4) is 0 Å². The Bertz CT molecular complexity index is 543. The van der Waals surface area contributed by atoms with Gasteiger partial charge in [0.25, 0.3) is 0 Å². The molecule has 1 aliphatic carbocycles. The number of carbonyl (C=O) groups is 1. The van der Waals surface area contributed by atoms with Crippen molar-refractivity contribution < 1.29 is 9.90 Å². The first kappa shape index (κ1) is 8.40. The molecule has 2 heterocycles. The quantitative estimate of drug-likeness (QED) is 0.775. The molecule has 0 spiro atoms. The average Bonchev–Trinajstić information content (AvgIpc) is 2.97. The zero-order chi connectivity index (χ0) is 10.4. The van der Waals surface area contributed by atoms with E-state index in [9.17, 15) is 4.79 Å². The van der Waals surface area contributed by atoms with Crippen molar-refractivity contribution in [2.45, 2.75) is 18.8 Å². The standard InChI is InChI=1S/C10H9N3O2/c14-10(15)6-3-4-11-9-7(6)8(12-13-9)5-1-2-5/h3-5H,1-2H2,(H,14,15)(H,11,12,13). The van der Waals surface area contributed by atoms with Crippen molar-refractivity contribution in [2.24, 2.45) is 0 Å². The predicted molar refractivity (Wildman–Crippen MR) is 52.8 cm³/mol. The minimum atomic E-state index is -0.925. The summed E-state index contributed by atoms with van der Waals surface area (Å²) in [6.45, 7) is 0. The molecule has 0 bridgehead atoms. The minimum absolute atomic E-state index is 0.288. The van der Waals surface area contributed by atoms with E-state index < -0.39 is 5.97 Å². The van der Waals surface area contributed by atoms with E-state index >= 15 is 0 Å². The molecule has 0 amide bonds. The third kappa shape index (κ3) is 1.20. The third-order valence-corrected chi connectivity index (χ3v) is 2.70. The normalized spacial score (nSPS) is 15.7. The lowest BCUT2D eigenvalue weighted by Gasteiger charge is -1.98. The number of hydrogen-bond acceptors (Lipinski definition) is 3. The number of fused-ring (bicyclic) bond motifs is 1. The van der Waals surface area contributed by atoms with Gasteiger partial charge in [0.15, 0.2) is 5.65 Å². The fraction of sp³-hybridized carbons (Fsp3) is 0.300. The summed E-state index contributed by atoms with van der Waals surface area (Å²) in [4.78, 5) is 15.1. The number of pyridine rings is 1. The van der Waals surface area contributed by atoms with Crippen LogP contribution >= 0.6 is 0 Å². The molecule has 5 heteroatoms. The molecule has 0 unspecified atom stereocenters. The van der Waals surface area contributed by atoms with Crippen molar-refractivity contribution >= 4 is 17.0 Å². The predicted octanol–water partition coefficient (Wildman–Crippen LogP) is 1.53. The van der Waals surface area contributed by atoms with Crippen molar-refractivity contribution in [1.29, 1.82) is 0 Å². The van der Waals surface area contributed by atoms with Gasteiger partial charge in [0.2, 0.25) is 0 Å². The molecule has 0 radical (unpaired) electrons. The molecule has 76 valence electrons. The molecule has 15 heavy (non-hydrogen) atoms. The van der Waals surface area contributed by atoms with Gasteiger partial charge in [0, 0.05) is 17.8 Å². The summed E-state index contributed by atoms with van der Waals surface area (Å²) < 4.78 is 0. The van der Waals surface area contributed by atoms with E-state index in [4.69, 9.17) is 5.11 Å². The Morgan fingerprint density at radius 2 is 2.33 bits per heavy atom. The van der Waals surface area contributed by atoms with E-state index in [1.807, 2.05) is 0 Å². The van der Waals surface area contributed by atoms with Crippen molar-refractivity contribution in [3.63, 3.8) is 0 Å². The molecular formula is C10H9N3O2. The van der Waals surface area contributed by atoms with Gasteiger partial charge >= 0.3 is 5.97 Å².